The molecule has 1 saturated heterocycles. The first-order chi connectivity index (χ1) is 5.70. The predicted octanol–water partition coefficient (Wildman–Crippen LogP) is -0.0125. The number of nitrogens with two attached hydrogens (primary N) is 1. The van der Waals surface area contributed by atoms with Gasteiger partial charge >= 0.3 is 0 Å². The van der Waals surface area contributed by atoms with Crippen LogP contribution in [0.1, 0.15) is 12.8 Å². The third-order valence-electron chi connectivity index (χ3n) is 2.33. The van der Waals surface area contributed by atoms with E-state index in [2.05, 4.69) is 4.90 Å². The molecule has 0 radical (unpaired) electrons. The van der Waals surface area contributed by atoms with Gasteiger partial charge in [-0.05, 0) is 25.9 Å². The summed E-state index contributed by atoms with van der Waals surface area (Å²) in [6.45, 7) is 2.86. The maximum atomic E-state index is 5.79. The summed E-state index contributed by atoms with van der Waals surface area (Å²) in [6.07, 6.45) is 2.51. The van der Waals surface area contributed by atoms with Crippen LogP contribution in [0.25, 0.3) is 0 Å². The van der Waals surface area contributed by atoms with Crippen molar-refractivity contribution in [2.24, 2.45) is 5.73 Å². The number of ether oxygens (including phenoxy) is 2. The maximum Gasteiger partial charge on any atom is 0.237 e. The Kier molecular flexibility index (Phi) is 3.46. The molecular weight excluding hydrogens is 156 g/mol. The van der Waals surface area contributed by atoms with Gasteiger partial charge in [0, 0.05) is 14.2 Å². The highest BCUT2D eigenvalue weighted by Gasteiger charge is 2.28. The number of rotatable bonds is 4. The normalized spacial score (nSPS) is 20.2. The minimum atomic E-state index is -0.926. The summed E-state index contributed by atoms with van der Waals surface area (Å²) in [7, 11) is 3.14. The predicted molar refractivity (Wildman–Crippen MR) is 46.6 cm³/mol. The van der Waals surface area contributed by atoms with Crippen molar-refractivity contribution in [1.82, 2.24) is 4.90 Å². The summed E-state index contributed by atoms with van der Waals surface area (Å²) < 4.78 is 10.1. The summed E-state index contributed by atoms with van der Waals surface area (Å²) >= 11 is 0. The van der Waals surface area contributed by atoms with Gasteiger partial charge in [0.1, 0.15) is 0 Å². The fraction of sp³-hybridized carbons (Fsp3) is 1.00. The number of nitrogens with zero attached hydrogens (tertiary/aromatic N) is 1. The molecule has 72 valence electrons. The van der Waals surface area contributed by atoms with E-state index < -0.39 is 5.91 Å². The Morgan fingerprint density at radius 1 is 1.25 bits per heavy atom. The first-order valence-electron chi connectivity index (χ1n) is 4.32. The van der Waals surface area contributed by atoms with Crippen molar-refractivity contribution < 1.29 is 9.47 Å². The van der Waals surface area contributed by atoms with Crippen molar-refractivity contribution in [3.63, 3.8) is 0 Å². The van der Waals surface area contributed by atoms with Crippen molar-refractivity contribution in [3.8, 4) is 0 Å². The molecule has 1 heterocycles. The van der Waals surface area contributed by atoms with Crippen molar-refractivity contribution in [2.45, 2.75) is 18.8 Å². The van der Waals surface area contributed by atoms with E-state index >= 15 is 0 Å². The van der Waals surface area contributed by atoms with E-state index in [4.69, 9.17) is 15.2 Å². The average molecular weight is 174 g/mol. The second kappa shape index (κ2) is 4.18. The van der Waals surface area contributed by atoms with Gasteiger partial charge in [0.2, 0.25) is 5.91 Å². The van der Waals surface area contributed by atoms with Gasteiger partial charge in [0.15, 0.2) is 0 Å². The van der Waals surface area contributed by atoms with Gasteiger partial charge in [0.05, 0.1) is 6.54 Å². The highest BCUT2D eigenvalue weighted by Crippen LogP contribution is 2.12. The van der Waals surface area contributed by atoms with E-state index in [0.29, 0.717) is 6.54 Å². The molecule has 0 aromatic heterocycles. The molecule has 2 N–H and O–H groups in total. The third-order valence-corrected chi connectivity index (χ3v) is 2.33. The molecule has 0 spiro atoms. The van der Waals surface area contributed by atoms with E-state index in [-0.39, 0.29) is 0 Å². The Morgan fingerprint density at radius 2 is 1.75 bits per heavy atom. The van der Waals surface area contributed by atoms with Gasteiger partial charge < -0.3 is 9.47 Å². The average Bonchev–Trinajstić information content (AvgIpc) is 2.57. The molecule has 1 fully saturated rings. The molecule has 1 aliphatic heterocycles. The highest BCUT2D eigenvalue weighted by atomic mass is 16.7. The lowest BCUT2D eigenvalue weighted by atomic mass is 10.4. The first kappa shape index (κ1) is 9.92. The van der Waals surface area contributed by atoms with E-state index in [9.17, 15) is 0 Å². The number of methoxy groups -OCH3 is 2. The Bertz CT molecular complexity index is 131. The lowest BCUT2D eigenvalue weighted by Crippen LogP contribution is -2.52. The second-order valence-corrected chi connectivity index (χ2v) is 3.20. The van der Waals surface area contributed by atoms with Crippen LogP contribution in [0.2, 0.25) is 0 Å². The van der Waals surface area contributed by atoms with Gasteiger partial charge in [-0.25, -0.2) is 0 Å². The molecule has 0 aromatic rings. The fourth-order valence-electron chi connectivity index (χ4n) is 1.46. The molecule has 0 amide bonds. The number of hydrogen-bond donors (Lipinski definition) is 1. The monoisotopic (exact) mass is 174 g/mol. The molecule has 12 heavy (non-hydrogen) atoms. The largest absolute Gasteiger partial charge is 0.340 e. The van der Waals surface area contributed by atoms with Gasteiger partial charge in [-0.3, -0.25) is 10.6 Å². The molecule has 0 aromatic carbocycles. The zero-order valence-electron chi connectivity index (χ0n) is 7.88. The van der Waals surface area contributed by atoms with Crippen LogP contribution in [0.4, 0.5) is 0 Å². The standard InChI is InChI=1S/C8H18N2O2/c1-11-8(9,12-2)7-10-5-3-4-6-10/h3-7,9H2,1-2H3. The summed E-state index contributed by atoms with van der Waals surface area (Å²) in [6, 6.07) is 0. The topological polar surface area (TPSA) is 47.7 Å². The van der Waals surface area contributed by atoms with E-state index in [1.807, 2.05) is 0 Å². The maximum absolute atomic E-state index is 5.79. The highest BCUT2D eigenvalue weighted by molar-refractivity contribution is 4.72. The molecule has 0 aliphatic carbocycles. The van der Waals surface area contributed by atoms with Crippen LogP contribution in [0.3, 0.4) is 0 Å². The van der Waals surface area contributed by atoms with Crippen molar-refractivity contribution in [2.75, 3.05) is 33.9 Å². The van der Waals surface area contributed by atoms with Crippen LogP contribution in [-0.4, -0.2) is 44.7 Å². The zero-order chi connectivity index (χ0) is 9.03. The fourth-order valence-corrected chi connectivity index (χ4v) is 1.46. The van der Waals surface area contributed by atoms with E-state index in [0.717, 1.165) is 13.1 Å². The lowest BCUT2D eigenvalue weighted by Gasteiger charge is -2.30. The van der Waals surface area contributed by atoms with Crippen LogP contribution in [0, 0.1) is 0 Å². The quantitative estimate of drug-likeness (QED) is 0.609. The van der Waals surface area contributed by atoms with Crippen molar-refractivity contribution >= 4 is 0 Å². The molecule has 1 rings (SSSR count). The van der Waals surface area contributed by atoms with Crippen molar-refractivity contribution in [1.29, 1.82) is 0 Å². The Labute approximate surface area is 73.6 Å². The van der Waals surface area contributed by atoms with Crippen molar-refractivity contribution in [3.05, 3.63) is 0 Å². The molecular formula is C8H18N2O2. The summed E-state index contributed by atoms with van der Waals surface area (Å²) in [5.41, 5.74) is 5.79. The Hall–Kier alpha value is -0.160. The van der Waals surface area contributed by atoms with E-state index in [1.54, 1.807) is 14.2 Å². The molecule has 4 heteroatoms. The van der Waals surface area contributed by atoms with Crippen LogP contribution < -0.4 is 5.73 Å². The lowest BCUT2D eigenvalue weighted by molar-refractivity contribution is -0.211. The molecule has 0 unspecified atom stereocenters. The SMILES string of the molecule is COC(N)(CN1CCCC1)OC. The molecule has 1 aliphatic rings. The minimum Gasteiger partial charge on any atom is -0.340 e. The van der Waals surface area contributed by atoms with Gasteiger partial charge in [-0.15, -0.1) is 0 Å². The van der Waals surface area contributed by atoms with Crippen LogP contribution in [-0.2, 0) is 9.47 Å². The van der Waals surface area contributed by atoms with E-state index in [1.165, 1.54) is 12.8 Å². The van der Waals surface area contributed by atoms with Gasteiger partial charge in [0.25, 0.3) is 0 Å². The smallest absolute Gasteiger partial charge is 0.237 e. The Morgan fingerprint density at radius 3 is 2.17 bits per heavy atom. The third kappa shape index (κ3) is 2.42. The second-order valence-electron chi connectivity index (χ2n) is 3.20. The first-order valence-corrected chi connectivity index (χ1v) is 4.32. The number of likely N-dealkylation sites (tertiary alicyclic amines) is 1. The molecule has 4 nitrogen and oxygen atoms in total. The summed E-state index contributed by atoms with van der Waals surface area (Å²) in [5.74, 6) is -0.926. The van der Waals surface area contributed by atoms with Gasteiger partial charge in [-0.2, -0.15) is 0 Å². The van der Waals surface area contributed by atoms with Gasteiger partial charge in [-0.1, -0.05) is 0 Å². The van der Waals surface area contributed by atoms with Crippen LogP contribution in [0.5, 0.6) is 0 Å². The minimum absolute atomic E-state index is 0.653. The number of hydrogen-bond acceptors (Lipinski definition) is 4. The van der Waals surface area contributed by atoms with Crippen LogP contribution in [0.15, 0.2) is 0 Å². The van der Waals surface area contributed by atoms with Crippen LogP contribution >= 0.6 is 0 Å². The summed E-state index contributed by atoms with van der Waals surface area (Å²) in [5, 5.41) is 0. The summed E-state index contributed by atoms with van der Waals surface area (Å²) in [4.78, 5) is 2.26. The molecule has 0 atom stereocenters. The Balaban J connectivity index is 2.35. The zero-order valence-corrected chi connectivity index (χ0v) is 7.88. The molecule has 0 bridgehead atoms. The molecule has 0 saturated carbocycles.